The summed E-state index contributed by atoms with van der Waals surface area (Å²) in [6, 6.07) is 20.8. The maximum absolute atomic E-state index is 10.0. The highest BCUT2D eigenvalue weighted by Crippen LogP contribution is 2.50. The van der Waals surface area contributed by atoms with Gasteiger partial charge in [0.25, 0.3) is 0 Å². The molecular formula is C25H20N4O4. The Morgan fingerprint density at radius 2 is 1.88 bits per heavy atom. The molecule has 0 saturated carbocycles. The van der Waals surface area contributed by atoms with Gasteiger partial charge in [0.05, 0.1) is 37.7 Å². The maximum Gasteiger partial charge on any atom is 0.229 e. The lowest BCUT2D eigenvalue weighted by Crippen LogP contribution is -2.22. The molecule has 33 heavy (non-hydrogen) atoms. The lowest BCUT2D eigenvalue weighted by molar-refractivity contribution is 0.363. The third-order valence-corrected chi connectivity index (χ3v) is 5.55. The second-order valence-electron chi connectivity index (χ2n) is 7.32. The number of fused-ring (bicyclic) bond motifs is 1. The molecule has 0 radical (unpaired) electrons. The molecule has 3 heterocycles. The van der Waals surface area contributed by atoms with Gasteiger partial charge in [-0.25, -0.2) is 0 Å². The van der Waals surface area contributed by atoms with E-state index in [0.717, 1.165) is 11.3 Å². The van der Waals surface area contributed by atoms with Crippen molar-refractivity contribution in [1.82, 2.24) is 9.78 Å². The monoisotopic (exact) mass is 440 g/mol. The van der Waals surface area contributed by atoms with Crippen LogP contribution in [0.4, 0.5) is 0 Å². The van der Waals surface area contributed by atoms with Gasteiger partial charge in [-0.2, -0.15) is 15.0 Å². The van der Waals surface area contributed by atoms with Gasteiger partial charge in [-0.1, -0.05) is 24.3 Å². The number of ether oxygens (including phenoxy) is 3. The third kappa shape index (κ3) is 3.27. The molecule has 4 aromatic rings. The number of allylic oxidation sites excluding steroid dienone is 1. The van der Waals surface area contributed by atoms with Crippen LogP contribution in [0.1, 0.15) is 17.0 Å². The van der Waals surface area contributed by atoms with E-state index >= 15 is 0 Å². The van der Waals surface area contributed by atoms with Gasteiger partial charge >= 0.3 is 0 Å². The minimum Gasteiger partial charge on any atom is -0.497 e. The molecule has 0 spiro atoms. The number of rotatable bonds is 5. The van der Waals surface area contributed by atoms with E-state index in [-0.39, 0.29) is 11.5 Å². The molecule has 5 rings (SSSR count). The van der Waals surface area contributed by atoms with Gasteiger partial charge in [0.1, 0.15) is 28.8 Å². The smallest absolute Gasteiger partial charge is 0.229 e. The van der Waals surface area contributed by atoms with E-state index in [0.29, 0.717) is 34.4 Å². The molecule has 1 aliphatic rings. The molecule has 0 bridgehead atoms. The number of hydrogen-bond acceptors (Lipinski definition) is 7. The summed E-state index contributed by atoms with van der Waals surface area (Å²) in [6.45, 7) is 0. The number of methoxy groups -OCH3 is 2. The Kier molecular flexibility index (Phi) is 4.99. The molecule has 2 aromatic carbocycles. The van der Waals surface area contributed by atoms with Crippen LogP contribution in [0.2, 0.25) is 0 Å². The number of nitrogens with zero attached hydrogens (tertiary/aromatic N) is 3. The van der Waals surface area contributed by atoms with Crippen LogP contribution >= 0.6 is 0 Å². The van der Waals surface area contributed by atoms with Gasteiger partial charge in [0.2, 0.25) is 11.8 Å². The Hall–Kier alpha value is -4.64. The Morgan fingerprint density at radius 3 is 2.55 bits per heavy atom. The fourth-order valence-corrected chi connectivity index (χ4v) is 4.05. The van der Waals surface area contributed by atoms with E-state index in [1.165, 1.54) is 0 Å². The highest BCUT2D eigenvalue weighted by molar-refractivity contribution is 5.70. The predicted octanol–water partition coefficient (Wildman–Crippen LogP) is 4.37. The largest absolute Gasteiger partial charge is 0.497 e. The Labute approximate surface area is 190 Å². The van der Waals surface area contributed by atoms with Crippen molar-refractivity contribution in [3.8, 4) is 40.6 Å². The molecule has 0 amide bonds. The predicted molar refractivity (Wildman–Crippen MR) is 120 cm³/mol. The molecule has 1 unspecified atom stereocenters. The van der Waals surface area contributed by atoms with Crippen molar-refractivity contribution in [2.75, 3.05) is 14.2 Å². The van der Waals surface area contributed by atoms with Crippen LogP contribution in [0.15, 0.2) is 82.8 Å². The first-order valence-electron chi connectivity index (χ1n) is 10.2. The first-order chi connectivity index (χ1) is 16.2. The van der Waals surface area contributed by atoms with E-state index in [1.807, 2.05) is 48.5 Å². The topological polar surface area (TPSA) is 108 Å². The molecule has 1 aliphatic heterocycles. The summed E-state index contributed by atoms with van der Waals surface area (Å²) in [5, 5.41) is 14.9. The lowest BCUT2D eigenvalue weighted by atomic mass is 9.83. The van der Waals surface area contributed by atoms with Gasteiger partial charge < -0.3 is 24.4 Å². The number of hydrogen-bond donors (Lipinski definition) is 1. The number of aromatic nitrogens is 2. The van der Waals surface area contributed by atoms with Crippen LogP contribution in [0, 0.1) is 11.3 Å². The summed E-state index contributed by atoms with van der Waals surface area (Å²) >= 11 is 0. The van der Waals surface area contributed by atoms with Crippen LogP contribution in [0.5, 0.6) is 17.4 Å². The molecule has 164 valence electrons. The second kappa shape index (κ2) is 8.13. The minimum atomic E-state index is -0.600. The summed E-state index contributed by atoms with van der Waals surface area (Å²) in [4.78, 5) is 0. The Morgan fingerprint density at radius 1 is 1.06 bits per heavy atom. The SMILES string of the molecule is COc1ccc(C2C(C#N)=C(N)Oc3c2c(-c2ccco2)nn3-c2ccccc2)c(OC)c1. The molecule has 0 fully saturated rings. The number of nitrogens with two attached hydrogens (primary N) is 1. The Bertz CT molecular complexity index is 1380. The van der Waals surface area contributed by atoms with Gasteiger partial charge in [0, 0.05) is 11.6 Å². The number of nitriles is 1. The van der Waals surface area contributed by atoms with E-state index < -0.39 is 5.92 Å². The van der Waals surface area contributed by atoms with Crippen LogP contribution in [0.25, 0.3) is 17.1 Å². The van der Waals surface area contributed by atoms with Crippen LogP contribution < -0.4 is 19.9 Å². The summed E-state index contributed by atoms with van der Waals surface area (Å²) in [5.74, 6) is 1.54. The van der Waals surface area contributed by atoms with Crippen LogP contribution in [0.3, 0.4) is 0 Å². The molecule has 8 heteroatoms. The molecule has 2 aromatic heterocycles. The highest BCUT2D eigenvalue weighted by Gasteiger charge is 2.39. The second-order valence-corrected chi connectivity index (χ2v) is 7.32. The van der Waals surface area contributed by atoms with Crippen molar-refractivity contribution in [2.45, 2.75) is 5.92 Å². The fourth-order valence-electron chi connectivity index (χ4n) is 4.05. The van der Waals surface area contributed by atoms with Gasteiger partial charge in [-0.15, -0.1) is 0 Å². The lowest BCUT2D eigenvalue weighted by Gasteiger charge is -2.26. The van der Waals surface area contributed by atoms with Gasteiger partial charge in [0.15, 0.2) is 5.76 Å². The first-order valence-corrected chi connectivity index (χ1v) is 10.2. The quantitative estimate of drug-likeness (QED) is 0.491. The summed E-state index contributed by atoms with van der Waals surface area (Å²) < 4.78 is 24.4. The summed E-state index contributed by atoms with van der Waals surface area (Å²) in [7, 11) is 3.15. The van der Waals surface area contributed by atoms with Crippen molar-refractivity contribution in [1.29, 1.82) is 5.26 Å². The van der Waals surface area contributed by atoms with Crippen LogP contribution in [-0.4, -0.2) is 24.0 Å². The number of para-hydroxylation sites is 1. The molecule has 0 aliphatic carbocycles. The average molecular weight is 440 g/mol. The summed E-state index contributed by atoms with van der Waals surface area (Å²) in [5.41, 5.74) is 9.22. The van der Waals surface area contributed by atoms with Crippen molar-refractivity contribution >= 4 is 0 Å². The van der Waals surface area contributed by atoms with Crippen molar-refractivity contribution in [2.24, 2.45) is 5.73 Å². The zero-order chi connectivity index (χ0) is 22.9. The molecule has 8 nitrogen and oxygen atoms in total. The molecular weight excluding hydrogens is 420 g/mol. The zero-order valence-corrected chi connectivity index (χ0v) is 18.0. The van der Waals surface area contributed by atoms with Crippen molar-refractivity contribution in [3.63, 3.8) is 0 Å². The van der Waals surface area contributed by atoms with Crippen molar-refractivity contribution in [3.05, 3.63) is 89.5 Å². The van der Waals surface area contributed by atoms with E-state index in [1.54, 1.807) is 37.3 Å². The van der Waals surface area contributed by atoms with Gasteiger partial charge in [-0.3, -0.25) is 0 Å². The zero-order valence-electron chi connectivity index (χ0n) is 18.0. The van der Waals surface area contributed by atoms with E-state index in [2.05, 4.69) is 6.07 Å². The fraction of sp³-hybridized carbons (Fsp3) is 0.120. The summed E-state index contributed by atoms with van der Waals surface area (Å²) in [6.07, 6.45) is 1.57. The average Bonchev–Trinajstić information content (AvgIpc) is 3.51. The third-order valence-electron chi connectivity index (χ3n) is 5.55. The normalized spacial score (nSPS) is 14.9. The molecule has 1 atom stereocenters. The van der Waals surface area contributed by atoms with E-state index in [9.17, 15) is 5.26 Å². The maximum atomic E-state index is 10.0. The van der Waals surface area contributed by atoms with Crippen LogP contribution in [-0.2, 0) is 0 Å². The number of benzene rings is 2. The minimum absolute atomic E-state index is 0.0101. The highest BCUT2D eigenvalue weighted by atomic mass is 16.5. The molecule has 0 saturated heterocycles. The standard InChI is InChI=1S/C25H20N4O4/c1-30-16-10-11-17(20(13-16)31-2)21-18(14-26)24(27)33-25-22(21)23(19-9-6-12-32-19)28-29(25)15-7-4-3-5-8-15/h3-13,21H,27H2,1-2H3. The Balaban J connectivity index is 1.83. The van der Waals surface area contributed by atoms with E-state index in [4.69, 9.17) is 29.5 Å². The van der Waals surface area contributed by atoms with Crippen molar-refractivity contribution < 1.29 is 18.6 Å². The first kappa shape index (κ1) is 20.3. The van der Waals surface area contributed by atoms with Gasteiger partial charge in [-0.05, 0) is 30.3 Å². The molecule has 2 N–H and O–H groups in total. The number of furan rings is 1.